The molecule has 1 N–H and O–H groups in total. The van der Waals surface area contributed by atoms with Crippen LogP contribution in [0.4, 0.5) is 5.69 Å². The van der Waals surface area contributed by atoms with Gasteiger partial charge in [-0.2, -0.15) is 0 Å². The van der Waals surface area contributed by atoms with Gasteiger partial charge >= 0.3 is 5.97 Å². The Morgan fingerprint density at radius 2 is 1.53 bits per heavy atom. The number of rotatable bonds is 7. The molecular formula is C23H19NO7S. The van der Waals surface area contributed by atoms with Crippen LogP contribution in [0.3, 0.4) is 0 Å². The van der Waals surface area contributed by atoms with E-state index in [0.29, 0.717) is 30.3 Å². The summed E-state index contributed by atoms with van der Waals surface area (Å²) in [4.78, 5) is 24.3. The van der Waals surface area contributed by atoms with E-state index in [2.05, 4.69) is 4.72 Å². The molecule has 0 amide bonds. The highest BCUT2D eigenvalue weighted by Gasteiger charge is 2.20. The average Bonchev–Trinajstić information content (AvgIpc) is 2.82. The van der Waals surface area contributed by atoms with Crippen LogP contribution in [0.5, 0.6) is 11.5 Å². The minimum Gasteiger partial charge on any atom is -0.486 e. The molecular weight excluding hydrogens is 434 g/mol. The van der Waals surface area contributed by atoms with Gasteiger partial charge in [-0.15, -0.1) is 0 Å². The molecule has 0 fully saturated rings. The lowest BCUT2D eigenvalue weighted by molar-refractivity contribution is 0.0475. The lowest BCUT2D eigenvalue weighted by atomic mass is 10.1. The van der Waals surface area contributed by atoms with Crippen molar-refractivity contribution in [1.82, 2.24) is 0 Å². The zero-order valence-corrected chi connectivity index (χ0v) is 17.6. The molecule has 1 aliphatic rings. The Bertz CT molecular complexity index is 1240. The number of Topliss-reactive ketones (excluding diaryl/α,β-unsaturated/α-hetero) is 1. The molecule has 0 aliphatic carbocycles. The van der Waals surface area contributed by atoms with Crippen LogP contribution in [0.15, 0.2) is 77.7 Å². The Balaban J connectivity index is 1.39. The molecule has 164 valence electrons. The number of carbonyl (C=O) groups excluding carboxylic acids is 2. The number of hydrogen-bond donors (Lipinski definition) is 1. The second-order valence-electron chi connectivity index (χ2n) is 6.85. The SMILES string of the molecule is O=C(COC(=O)c1ccc(NS(=O)(=O)c2ccc3c(c2)OCCO3)cc1)c1ccccc1. The largest absolute Gasteiger partial charge is 0.486 e. The van der Waals surface area contributed by atoms with E-state index in [1.54, 1.807) is 36.4 Å². The number of hydrogen-bond acceptors (Lipinski definition) is 7. The van der Waals surface area contributed by atoms with E-state index >= 15 is 0 Å². The van der Waals surface area contributed by atoms with Crippen LogP contribution in [-0.4, -0.2) is 40.0 Å². The minimum atomic E-state index is -3.88. The first-order chi connectivity index (χ1) is 15.4. The Kier molecular flexibility index (Phi) is 6.09. The van der Waals surface area contributed by atoms with Gasteiger partial charge in [-0.1, -0.05) is 30.3 Å². The Morgan fingerprint density at radius 3 is 2.25 bits per heavy atom. The van der Waals surface area contributed by atoms with Gasteiger partial charge in [0.05, 0.1) is 10.5 Å². The maximum atomic E-state index is 12.7. The Morgan fingerprint density at radius 1 is 0.844 bits per heavy atom. The van der Waals surface area contributed by atoms with Gasteiger partial charge in [-0.25, -0.2) is 13.2 Å². The van der Waals surface area contributed by atoms with Crippen LogP contribution in [-0.2, 0) is 14.8 Å². The molecule has 1 heterocycles. The maximum Gasteiger partial charge on any atom is 0.338 e. The second kappa shape index (κ2) is 9.11. The monoisotopic (exact) mass is 453 g/mol. The summed E-state index contributed by atoms with van der Waals surface area (Å²) >= 11 is 0. The van der Waals surface area contributed by atoms with E-state index in [9.17, 15) is 18.0 Å². The molecule has 0 spiro atoms. The van der Waals surface area contributed by atoms with Crippen molar-refractivity contribution in [2.24, 2.45) is 0 Å². The molecule has 0 saturated carbocycles. The second-order valence-corrected chi connectivity index (χ2v) is 8.54. The normalized spacial score (nSPS) is 12.6. The number of benzene rings is 3. The van der Waals surface area contributed by atoms with Gasteiger partial charge in [0.15, 0.2) is 23.9 Å². The Hall–Kier alpha value is -3.85. The molecule has 8 nitrogen and oxygen atoms in total. The topological polar surface area (TPSA) is 108 Å². The fourth-order valence-electron chi connectivity index (χ4n) is 3.00. The number of esters is 1. The first-order valence-electron chi connectivity index (χ1n) is 9.70. The number of ether oxygens (including phenoxy) is 3. The summed E-state index contributed by atoms with van der Waals surface area (Å²) in [5.74, 6) is -0.149. The number of sulfonamides is 1. The number of nitrogens with one attached hydrogen (secondary N) is 1. The first-order valence-corrected chi connectivity index (χ1v) is 11.2. The van der Waals surface area contributed by atoms with Gasteiger partial charge in [-0.05, 0) is 36.4 Å². The molecule has 3 aromatic carbocycles. The fourth-order valence-corrected chi connectivity index (χ4v) is 4.07. The molecule has 4 rings (SSSR count). The van der Waals surface area contributed by atoms with Crippen LogP contribution < -0.4 is 14.2 Å². The van der Waals surface area contributed by atoms with Crippen molar-refractivity contribution < 1.29 is 32.2 Å². The summed E-state index contributed by atoms with van der Waals surface area (Å²) in [5.41, 5.74) is 0.897. The fraction of sp³-hybridized carbons (Fsp3) is 0.130. The van der Waals surface area contributed by atoms with Crippen molar-refractivity contribution in [2.75, 3.05) is 24.5 Å². The van der Waals surface area contributed by atoms with Gasteiger partial charge < -0.3 is 14.2 Å². The van der Waals surface area contributed by atoms with Crippen molar-refractivity contribution in [1.29, 1.82) is 0 Å². The molecule has 0 unspecified atom stereocenters. The summed E-state index contributed by atoms with van der Waals surface area (Å²) in [7, 11) is -3.88. The summed E-state index contributed by atoms with van der Waals surface area (Å²) in [6, 6.07) is 18.6. The first kappa shape index (κ1) is 21.4. The summed E-state index contributed by atoms with van der Waals surface area (Å²) in [6.07, 6.45) is 0. The lowest BCUT2D eigenvalue weighted by Gasteiger charge is -2.19. The molecule has 32 heavy (non-hydrogen) atoms. The predicted octanol–water partition coefficient (Wildman–Crippen LogP) is 3.30. The maximum absolute atomic E-state index is 12.7. The third-order valence-corrected chi connectivity index (χ3v) is 6.01. The van der Waals surface area contributed by atoms with Crippen molar-refractivity contribution in [3.63, 3.8) is 0 Å². The molecule has 0 saturated heterocycles. The molecule has 9 heteroatoms. The third kappa shape index (κ3) is 4.89. The quantitative estimate of drug-likeness (QED) is 0.432. The molecule has 3 aromatic rings. The molecule has 0 aromatic heterocycles. The number of anilines is 1. The summed E-state index contributed by atoms with van der Waals surface area (Å²) in [5, 5.41) is 0. The molecule has 0 atom stereocenters. The van der Waals surface area contributed by atoms with E-state index in [1.807, 2.05) is 0 Å². The van der Waals surface area contributed by atoms with Crippen molar-refractivity contribution >= 4 is 27.5 Å². The zero-order valence-electron chi connectivity index (χ0n) is 16.8. The highest BCUT2D eigenvalue weighted by atomic mass is 32.2. The summed E-state index contributed by atoms with van der Waals surface area (Å²) in [6.45, 7) is 0.367. The highest BCUT2D eigenvalue weighted by Crippen LogP contribution is 2.32. The molecule has 0 radical (unpaired) electrons. The van der Waals surface area contributed by atoms with E-state index in [0.717, 1.165) is 0 Å². The summed E-state index contributed by atoms with van der Waals surface area (Å²) < 4.78 is 43.7. The third-order valence-electron chi connectivity index (χ3n) is 4.63. The van der Waals surface area contributed by atoms with E-state index in [1.165, 1.54) is 36.4 Å². The van der Waals surface area contributed by atoms with Gasteiger partial charge in [0.25, 0.3) is 10.0 Å². The van der Waals surface area contributed by atoms with Crippen molar-refractivity contribution in [3.8, 4) is 11.5 Å². The van der Waals surface area contributed by atoms with Gasteiger partial charge in [-0.3, -0.25) is 9.52 Å². The average molecular weight is 453 g/mol. The van der Waals surface area contributed by atoms with E-state index < -0.39 is 16.0 Å². The zero-order chi connectivity index (χ0) is 22.6. The predicted molar refractivity (Wildman–Crippen MR) is 116 cm³/mol. The van der Waals surface area contributed by atoms with Crippen LogP contribution >= 0.6 is 0 Å². The van der Waals surface area contributed by atoms with E-state index in [4.69, 9.17) is 14.2 Å². The highest BCUT2D eigenvalue weighted by molar-refractivity contribution is 7.92. The minimum absolute atomic E-state index is 0.0182. The number of carbonyl (C=O) groups is 2. The standard InChI is InChI=1S/C23H19NO7S/c25-20(16-4-2-1-3-5-16)15-31-23(26)17-6-8-18(9-7-17)24-32(27,28)19-10-11-21-22(14-19)30-13-12-29-21/h1-11,14,24H,12-13,15H2. The van der Waals surface area contributed by atoms with Crippen LogP contribution in [0.1, 0.15) is 20.7 Å². The lowest BCUT2D eigenvalue weighted by Crippen LogP contribution is -2.17. The van der Waals surface area contributed by atoms with Crippen LogP contribution in [0, 0.1) is 0 Å². The van der Waals surface area contributed by atoms with Crippen molar-refractivity contribution in [2.45, 2.75) is 4.90 Å². The number of fused-ring (bicyclic) bond motifs is 1. The molecule has 1 aliphatic heterocycles. The van der Waals surface area contributed by atoms with Crippen LogP contribution in [0.25, 0.3) is 0 Å². The van der Waals surface area contributed by atoms with Gasteiger partial charge in [0.2, 0.25) is 0 Å². The van der Waals surface area contributed by atoms with Crippen LogP contribution in [0.2, 0.25) is 0 Å². The van der Waals surface area contributed by atoms with E-state index in [-0.39, 0.29) is 28.5 Å². The molecule has 0 bridgehead atoms. The Labute approximate surface area is 184 Å². The smallest absolute Gasteiger partial charge is 0.338 e. The number of ketones is 1. The van der Waals surface area contributed by atoms with Gasteiger partial charge in [0.1, 0.15) is 13.2 Å². The van der Waals surface area contributed by atoms with Gasteiger partial charge in [0, 0.05) is 17.3 Å². The van der Waals surface area contributed by atoms with Crippen molar-refractivity contribution in [3.05, 3.63) is 83.9 Å².